The summed E-state index contributed by atoms with van der Waals surface area (Å²) in [5, 5.41) is 2.79. The normalized spacial score (nSPS) is 11.8. The van der Waals surface area contributed by atoms with Gasteiger partial charge in [-0.05, 0) is 103 Å². The van der Waals surface area contributed by atoms with Gasteiger partial charge in [0, 0.05) is 68.8 Å². The van der Waals surface area contributed by atoms with Gasteiger partial charge in [0.2, 0.25) is 17.8 Å². The van der Waals surface area contributed by atoms with E-state index in [4.69, 9.17) is 19.9 Å². The molecule has 0 radical (unpaired) electrons. The van der Waals surface area contributed by atoms with Crippen LogP contribution in [-0.4, -0.2) is 95.0 Å². The number of primary amides is 1. The van der Waals surface area contributed by atoms with Gasteiger partial charge in [0.1, 0.15) is 0 Å². The van der Waals surface area contributed by atoms with Crippen LogP contribution in [0.4, 0.5) is 16.2 Å². The lowest BCUT2D eigenvalue weighted by Gasteiger charge is -2.15. The number of nitrogens with two attached hydrogens (primary N) is 1. The number of nitrogens with one attached hydrogen (secondary N) is 1. The fourth-order valence-corrected chi connectivity index (χ4v) is 6.62. The largest absolute Gasteiger partial charge is 0.772 e. The van der Waals surface area contributed by atoms with Gasteiger partial charge in [-0.3, -0.25) is 4.21 Å². The lowest BCUT2D eigenvalue weighted by molar-refractivity contribution is 0.199. The number of aromatic nitrogens is 2. The van der Waals surface area contributed by atoms with E-state index >= 15 is 0 Å². The number of hydrogen-bond acceptors (Lipinski definition) is 13. The number of thiol groups is 1. The third kappa shape index (κ3) is 16.6. The molecule has 0 bridgehead atoms. The van der Waals surface area contributed by atoms with Crippen LogP contribution in [0.2, 0.25) is 0 Å². The van der Waals surface area contributed by atoms with E-state index < -0.39 is 17.1 Å². The highest BCUT2D eigenvalue weighted by Gasteiger charge is 2.21. The van der Waals surface area contributed by atoms with Crippen molar-refractivity contribution in [3.05, 3.63) is 83.2 Å². The number of aliphatic imine (C=N–C) groups is 1. The Hall–Kier alpha value is -4.75. The van der Waals surface area contributed by atoms with Crippen LogP contribution in [0.1, 0.15) is 47.9 Å². The molecule has 0 spiro atoms. The third-order valence-corrected chi connectivity index (χ3v) is 9.56. The molecule has 10 N–H and O–H groups in total. The molecule has 0 saturated heterocycles. The van der Waals surface area contributed by atoms with Crippen molar-refractivity contribution in [1.82, 2.24) is 16.1 Å². The summed E-state index contributed by atoms with van der Waals surface area (Å²) in [6.07, 6.45) is 12.9. The molecule has 4 aromatic rings. The van der Waals surface area contributed by atoms with Crippen LogP contribution in [-0.2, 0) is 51.0 Å². The van der Waals surface area contributed by atoms with E-state index in [2.05, 4.69) is 49.8 Å². The average molecular weight is 846 g/mol. The van der Waals surface area contributed by atoms with Crippen molar-refractivity contribution in [2.75, 3.05) is 58.5 Å². The lowest BCUT2D eigenvalue weighted by atomic mass is 9.98. The fourth-order valence-electron chi connectivity index (χ4n) is 6.13. The number of benzene rings is 2. The molecule has 2 aromatic heterocycles. The number of ether oxygens (including phenoxy) is 4. The second kappa shape index (κ2) is 29.5. The first kappa shape index (κ1) is 53.2. The highest BCUT2D eigenvalue weighted by atomic mass is 32.2. The van der Waals surface area contributed by atoms with Crippen molar-refractivity contribution in [1.29, 1.82) is 0 Å². The standard InChI is InChI=1S/C16H17N3O2.C16H14N2O2.C4H10O3S.C4H10OS.H3N.2H2O/c1-21-14-9-11(7-8-18-14)13-6-5-10-3-2-4-12(10)15(13)19-16(17)20;1-20-15-9-12(7-8-17-15)14-6-5-11-3-2-4-13(11)16(14)18-10-19;1-7-3-2-4-8(5)6;1-5-3-2-4-6;;;/h5-9H,2-4H2,1H3,(H3,17,19,20);5-9H,2-4H2,1H3;2-4H2,1H3,(H,5,6);6H,2-4H2,1H3;1H3;2*1H2/p-1. The zero-order chi connectivity index (χ0) is 40.0. The summed E-state index contributed by atoms with van der Waals surface area (Å²) in [6, 6.07) is 15.2. The number of aryl methyl sites for hydroxylation is 2. The van der Waals surface area contributed by atoms with E-state index in [9.17, 15) is 18.4 Å². The number of isocyanates is 1. The first-order valence-electron chi connectivity index (χ1n) is 17.8. The van der Waals surface area contributed by atoms with Crippen LogP contribution in [0.3, 0.4) is 0 Å². The molecule has 1 atom stereocenters. The Morgan fingerprint density at radius 3 is 1.84 bits per heavy atom. The van der Waals surface area contributed by atoms with Crippen molar-refractivity contribution in [2.24, 2.45) is 10.7 Å². The van der Waals surface area contributed by atoms with Gasteiger partial charge in [-0.1, -0.05) is 35.3 Å². The molecule has 320 valence electrons. The van der Waals surface area contributed by atoms with Gasteiger partial charge in [0.15, 0.2) is 0 Å². The number of anilines is 1. The van der Waals surface area contributed by atoms with Crippen LogP contribution in [0.15, 0.2) is 65.9 Å². The molecule has 2 amide bonds. The van der Waals surface area contributed by atoms with Crippen LogP contribution >= 0.6 is 12.6 Å². The Kier molecular flexibility index (Phi) is 27.0. The maximum absolute atomic E-state index is 11.3. The summed E-state index contributed by atoms with van der Waals surface area (Å²) < 4.78 is 39.3. The third-order valence-electron chi connectivity index (χ3n) is 8.62. The van der Waals surface area contributed by atoms with E-state index in [-0.39, 0.29) is 22.9 Å². The topological polar surface area (TPSA) is 285 Å². The predicted octanol–water partition coefficient (Wildman–Crippen LogP) is 5.32. The predicted molar refractivity (Wildman–Crippen MR) is 230 cm³/mol. The lowest BCUT2D eigenvalue weighted by Crippen LogP contribution is -2.20. The molecule has 2 aliphatic rings. The van der Waals surface area contributed by atoms with Crippen LogP contribution in [0.25, 0.3) is 22.3 Å². The highest BCUT2D eigenvalue weighted by molar-refractivity contribution is 7.80. The fraction of sp³-hybridized carbons (Fsp3) is 0.400. The zero-order valence-corrected chi connectivity index (χ0v) is 35.2. The van der Waals surface area contributed by atoms with Gasteiger partial charge >= 0.3 is 6.03 Å². The molecule has 1 unspecified atom stereocenters. The summed E-state index contributed by atoms with van der Waals surface area (Å²) in [7, 11) is 6.41. The molecule has 2 aliphatic carbocycles. The number of fused-ring (bicyclic) bond motifs is 2. The van der Waals surface area contributed by atoms with Gasteiger partial charge in [0.05, 0.1) is 25.6 Å². The smallest absolute Gasteiger partial charge is 0.316 e. The minimum atomic E-state index is -1.90. The van der Waals surface area contributed by atoms with E-state index in [0.29, 0.717) is 24.8 Å². The van der Waals surface area contributed by atoms with E-state index in [0.717, 1.165) is 90.9 Å². The summed E-state index contributed by atoms with van der Waals surface area (Å²) in [5.74, 6) is 2.21. The molecule has 18 heteroatoms. The van der Waals surface area contributed by atoms with E-state index in [1.807, 2.05) is 36.4 Å². The van der Waals surface area contributed by atoms with Crippen molar-refractivity contribution < 1.29 is 48.3 Å². The van der Waals surface area contributed by atoms with E-state index in [1.165, 1.54) is 22.3 Å². The van der Waals surface area contributed by atoms with Crippen LogP contribution in [0, 0.1) is 0 Å². The Morgan fingerprint density at radius 1 is 0.845 bits per heavy atom. The summed E-state index contributed by atoms with van der Waals surface area (Å²) in [5.41, 5.74) is 15.6. The zero-order valence-electron chi connectivity index (χ0n) is 33.5. The first-order chi connectivity index (χ1) is 26.7. The van der Waals surface area contributed by atoms with Crippen molar-refractivity contribution in [3.63, 3.8) is 0 Å². The summed E-state index contributed by atoms with van der Waals surface area (Å²) in [6.45, 7) is 1.36. The van der Waals surface area contributed by atoms with Gasteiger partial charge in [-0.25, -0.2) is 19.6 Å². The first-order valence-corrected chi connectivity index (χ1v) is 19.7. The van der Waals surface area contributed by atoms with E-state index in [1.54, 1.807) is 46.9 Å². The minimum absolute atomic E-state index is 0. The van der Waals surface area contributed by atoms with Gasteiger partial charge in [-0.15, -0.1) is 0 Å². The number of nitrogens with zero attached hydrogens (tertiary/aromatic N) is 3. The number of methoxy groups -OCH3 is 4. The maximum Gasteiger partial charge on any atom is 0.316 e. The number of pyridine rings is 2. The van der Waals surface area contributed by atoms with Crippen molar-refractivity contribution in [2.45, 2.75) is 51.4 Å². The molecular formula is C40H57N6O10S2-. The van der Waals surface area contributed by atoms with Crippen molar-refractivity contribution in [3.8, 4) is 34.0 Å². The molecule has 0 fully saturated rings. The molecular weight excluding hydrogens is 789 g/mol. The minimum Gasteiger partial charge on any atom is -0.772 e. The molecule has 0 saturated carbocycles. The summed E-state index contributed by atoms with van der Waals surface area (Å²) in [4.78, 5) is 34.3. The molecule has 16 nitrogen and oxygen atoms in total. The Morgan fingerprint density at radius 2 is 1.36 bits per heavy atom. The van der Waals surface area contributed by atoms with Crippen molar-refractivity contribution >= 4 is 47.2 Å². The average Bonchev–Trinajstić information content (AvgIpc) is 3.89. The van der Waals surface area contributed by atoms with Gasteiger partial charge in [0.25, 0.3) is 0 Å². The highest BCUT2D eigenvalue weighted by Crippen LogP contribution is 2.40. The Labute approximate surface area is 348 Å². The van der Waals surface area contributed by atoms with Gasteiger partial charge in [-0.2, -0.15) is 17.6 Å². The molecule has 2 aromatic carbocycles. The molecule has 0 aliphatic heterocycles. The second-order valence-electron chi connectivity index (χ2n) is 12.2. The molecule has 58 heavy (non-hydrogen) atoms. The number of carbonyl (C=O) groups is 1. The summed E-state index contributed by atoms with van der Waals surface area (Å²) >= 11 is 2.08. The maximum atomic E-state index is 11.3. The molecule has 2 heterocycles. The quantitative estimate of drug-likeness (QED) is 0.0439. The number of hydrogen-bond donors (Lipinski definition) is 4. The SMILES string of the molecule is COCCCS.COCCCS(=O)[O-].COc1cc(-c2ccc3c(c2N=C=O)CCC3)ccn1.COc1cc(-c2ccc3c(c2NC(N)=O)CCC3)ccn1.N.O.O. The van der Waals surface area contributed by atoms with Gasteiger partial charge < -0.3 is 51.7 Å². The number of amides is 2. The Bertz CT molecular complexity index is 1910. The van der Waals surface area contributed by atoms with Crippen LogP contribution < -0.4 is 26.7 Å². The Balaban J connectivity index is 0.000000819. The molecule has 6 rings (SSSR count). The number of rotatable bonds is 13. The number of urea groups is 1. The second-order valence-corrected chi connectivity index (χ2v) is 13.7. The van der Waals surface area contributed by atoms with Crippen LogP contribution in [0.5, 0.6) is 11.8 Å². The monoisotopic (exact) mass is 845 g/mol. The number of carbonyl (C=O) groups excluding carboxylic acids is 2.